The first-order chi connectivity index (χ1) is 14.7. The number of alkyl halides is 3. The molecule has 1 saturated heterocycles. The molecule has 1 amide bonds. The third-order valence-corrected chi connectivity index (χ3v) is 5.96. The van der Waals surface area contributed by atoms with Gasteiger partial charge in [-0.25, -0.2) is 4.79 Å². The Balaban J connectivity index is 0.000000339. The van der Waals surface area contributed by atoms with Crippen LogP contribution < -0.4 is 5.73 Å². The highest BCUT2D eigenvalue weighted by Crippen LogP contribution is 2.30. The number of carbonyl (C=O) groups is 2. The van der Waals surface area contributed by atoms with Gasteiger partial charge < -0.3 is 10.8 Å². The summed E-state index contributed by atoms with van der Waals surface area (Å²) < 4.78 is 33.8. The third-order valence-electron chi connectivity index (χ3n) is 5.96. The van der Waals surface area contributed by atoms with Crippen molar-refractivity contribution in [3.8, 4) is 0 Å². The topological polar surface area (TPSA) is 101 Å². The maximum atomic E-state index is 11.6. The number of benzene rings is 1. The molecular weight excluding hydrogens is 413 g/mol. The molecule has 1 saturated carbocycles. The van der Waals surface area contributed by atoms with Gasteiger partial charge in [-0.2, -0.15) is 18.3 Å². The zero-order valence-electron chi connectivity index (χ0n) is 17.1. The Labute approximate surface area is 178 Å². The Morgan fingerprint density at radius 3 is 2.32 bits per heavy atom. The van der Waals surface area contributed by atoms with Crippen LogP contribution in [-0.4, -0.2) is 57.0 Å². The largest absolute Gasteiger partial charge is 0.490 e. The number of carbonyl (C=O) groups excluding carboxylic acids is 1. The second-order valence-electron chi connectivity index (χ2n) is 8.10. The SMILES string of the molecule is NC(=O)c1cccc2cn(C3CCCN(C4CCCCC4)C3)nc12.O=C(O)C(F)(F)F. The van der Waals surface area contributed by atoms with E-state index in [1.54, 1.807) is 6.07 Å². The van der Waals surface area contributed by atoms with Crippen LogP contribution in [0, 0.1) is 0 Å². The summed E-state index contributed by atoms with van der Waals surface area (Å²) in [6.07, 6.45) is 6.21. The van der Waals surface area contributed by atoms with Crippen molar-refractivity contribution in [2.24, 2.45) is 5.73 Å². The van der Waals surface area contributed by atoms with E-state index in [0.717, 1.165) is 29.9 Å². The molecule has 170 valence electrons. The van der Waals surface area contributed by atoms with Gasteiger partial charge in [0, 0.05) is 24.2 Å². The molecule has 0 radical (unpaired) electrons. The number of rotatable bonds is 3. The second kappa shape index (κ2) is 9.67. The molecule has 31 heavy (non-hydrogen) atoms. The number of halogens is 3. The van der Waals surface area contributed by atoms with Crippen LogP contribution in [0.4, 0.5) is 13.2 Å². The molecule has 2 fully saturated rings. The highest BCUT2D eigenvalue weighted by molar-refractivity contribution is 6.04. The van der Waals surface area contributed by atoms with Crippen molar-refractivity contribution < 1.29 is 27.9 Å². The molecule has 1 aromatic carbocycles. The summed E-state index contributed by atoms with van der Waals surface area (Å²) in [6.45, 7) is 2.29. The van der Waals surface area contributed by atoms with Gasteiger partial charge in [0.1, 0.15) is 5.52 Å². The number of fused-ring (bicyclic) bond motifs is 1. The maximum Gasteiger partial charge on any atom is 0.490 e. The zero-order valence-corrected chi connectivity index (χ0v) is 17.1. The van der Waals surface area contributed by atoms with E-state index in [0.29, 0.717) is 11.6 Å². The Kier molecular flexibility index (Phi) is 7.19. The summed E-state index contributed by atoms with van der Waals surface area (Å²) in [5.74, 6) is -3.16. The van der Waals surface area contributed by atoms with Crippen molar-refractivity contribution in [1.29, 1.82) is 0 Å². The van der Waals surface area contributed by atoms with Crippen LogP contribution in [0.25, 0.3) is 10.9 Å². The highest BCUT2D eigenvalue weighted by Gasteiger charge is 2.38. The van der Waals surface area contributed by atoms with Crippen LogP contribution in [-0.2, 0) is 4.79 Å². The summed E-state index contributed by atoms with van der Waals surface area (Å²) in [7, 11) is 0. The average molecular weight is 440 g/mol. The number of amides is 1. The number of hydrogen-bond donors (Lipinski definition) is 2. The molecule has 2 heterocycles. The van der Waals surface area contributed by atoms with Crippen molar-refractivity contribution in [2.75, 3.05) is 13.1 Å². The van der Waals surface area contributed by atoms with Crippen LogP contribution in [0.15, 0.2) is 24.4 Å². The first kappa shape index (κ1) is 23.1. The predicted molar refractivity (Wildman–Crippen MR) is 109 cm³/mol. The summed E-state index contributed by atoms with van der Waals surface area (Å²) >= 11 is 0. The number of carboxylic acid groups (broad SMARTS) is 1. The van der Waals surface area contributed by atoms with E-state index in [2.05, 4.69) is 15.8 Å². The number of nitrogens with zero attached hydrogens (tertiary/aromatic N) is 3. The smallest absolute Gasteiger partial charge is 0.475 e. The lowest BCUT2D eigenvalue weighted by Crippen LogP contribution is -2.44. The van der Waals surface area contributed by atoms with Crippen LogP contribution in [0.1, 0.15) is 61.3 Å². The van der Waals surface area contributed by atoms with Gasteiger partial charge in [0.25, 0.3) is 5.91 Å². The maximum absolute atomic E-state index is 11.6. The summed E-state index contributed by atoms with van der Waals surface area (Å²) in [5, 5.41) is 12.9. The van der Waals surface area contributed by atoms with Crippen molar-refractivity contribution in [3.63, 3.8) is 0 Å². The number of hydrogen-bond acceptors (Lipinski definition) is 4. The van der Waals surface area contributed by atoms with E-state index in [1.165, 1.54) is 45.1 Å². The van der Waals surface area contributed by atoms with Crippen molar-refractivity contribution in [3.05, 3.63) is 30.0 Å². The van der Waals surface area contributed by atoms with E-state index in [4.69, 9.17) is 20.7 Å². The number of likely N-dealkylation sites (tertiary alicyclic amines) is 1. The lowest BCUT2D eigenvalue weighted by molar-refractivity contribution is -0.192. The minimum Gasteiger partial charge on any atom is -0.475 e. The number of primary amides is 1. The number of aliphatic carboxylic acids is 1. The Hall–Kier alpha value is -2.62. The lowest BCUT2D eigenvalue weighted by atomic mass is 9.92. The standard InChI is InChI=1S/C19H26N4O.C2HF3O2/c20-19(24)17-10-4-6-14-12-23(21-18(14)17)16-9-5-11-22(13-16)15-7-2-1-3-8-15;3-2(4,5)1(6)7/h4,6,10,12,15-16H,1-3,5,7-9,11,13H2,(H2,20,24);(H,6,7). The minimum absolute atomic E-state index is 0.397. The van der Waals surface area contributed by atoms with Gasteiger partial charge in [-0.05, 0) is 38.3 Å². The van der Waals surface area contributed by atoms with Gasteiger partial charge in [0.2, 0.25) is 0 Å². The van der Waals surface area contributed by atoms with E-state index in [9.17, 15) is 18.0 Å². The van der Waals surface area contributed by atoms with Gasteiger partial charge in [0.15, 0.2) is 0 Å². The fourth-order valence-electron chi connectivity index (χ4n) is 4.43. The van der Waals surface area contributed by atoms with Crippen molar-refractivity contribution in [1.82, 2.24) is 14.7 Å². The molecule has 0 bridgehead atoms. The fourth-order valence-corrected chi connectivity index (χ4v) is 4.43. The quantitative estimate of drug-likeness (QED) is 0.757. The van der Waals surface area contributed by atoms with E-state index >= 15 is 0 Å². The first-order valence-electron chi connectivity index (χ1n) is 10.5. The first-order valence-corrected chi connectivity index (χ1v) is 10.5. The van der Waals surface area contributed by atoms with Crippen LogP contribution >= 0.6 is 0 Å². The summed E-state index contributed by atoms with van der Waals surface area (Å²) in [5.41, 5.74) is 6.75. The molecule has 4 rings (SSSR count). The highest BCUT2D eigenvalue weighted by atomic mass is 19.4. The lowest BCUT2D eigenvalue weighted by Gasteiger charge is -2.40. The Morgan fingerprint density at radius 2 is 1.71 bits per heavy atom. The van der Waals surface area contributed by atoms with E-state index in [-0.39, 0.29) is 0 Å². The minimum atomic E-state index is -5.08. The van der Waals surface area contributed by atoms with E-state index in [1.807, 2.05) is 12.1 Å². The Bertz CT molecular complexity index is 922. The zero-order chi connectivity index (χ0) is 22.6. The van der Waals surface area contributed by atoms with Gasteiger partial charge in [-0.15, -0.1) is 0 Å². The molecule has 2 aliphatic rings. The van der Waals surface area contributed by atoms with Gasteiger partial charge in [-0.3, -0.25) is 14.4 Å². The van der Waals surface area contributed by atoms with Crippen molar-refractivity contribution in [2.45, 2.75) is 63.2 Å². The summed E-state index contributed by atoms with van der Waals surface area (Å²) in [6, 6.07) is 6.80. The van der Waals surface area contributed by atoms with Gasteiger partial charge in [0.05, 0.1) is 11.6 Å². The molecule has 1 aromatic heterocycles. The van der Waals surface area contributed by atoms with Gasteiger partial charge >= 0.3 is 12.1 Å². The van der Waals surface area contributed by atoms with E-state index < -0.39 is 18.1 Å². The van der Waals surface area contributed by atoms with Gasteiger partial charge in [-0.1, -0.05) is 31.4 Å². The molecular formula is C21H27F3N4O3. The number of piperidine rings is 1. The number of aromatic nitrogens is 2. The monoisotopic (exact) mass is 440 g/mol. The molecule has 10 heteroatoms. The molecule has 3 N–H and O–H groups in total. The fraction of sp³-hybridized carbons (Fsp3) is 0.571. The van der Waals surface area contributed by atoms with Crippen molar-refractivity contribution >= 4 is 22.8 Å². The molecule has 1 atom stereocenters. The number of nitrogens with two attached hydrogens (primary N) is 1. The predicted octanol–water partition coefficient (Wildman–Crippen LogP) is 3.74. The molecule has 1 aliphatic heterocycles. The normalized spacial score (nSPS) is 20.8. The third kappa shape index (κ3) is 5.75. The average Bonchev–Trinajstić information content (AvgIpc) is 3.18. The Morgan fingerprint density at radius 1 is 1.06 bits per heavy atom. The van der Waals surface area contributed by atoms with Crippen LogP contribution in [0.5, 0.6) is 0 Å². The molecule has 0 spiro atoms. The molecule has 1 aliphatic carbocycles. The molecule has 7 nitrogen and oxygen atoms in total. The second-order valence-corrected chi connectivity index (χ2v) is 8.10. The van der Waals surface area contributed by atoms with Crippen LogP contribution in [0.3, 0.4) is 0 Å². The number of carboxylic acids is 1. The molecule has 1 unspecified atom stereocenters. The molecule has 2 aromatic rings. The summed E-state index contributed by atoms with van der Waals surface area (Å²) in [4.78, 5) is 23.2. The van der Waals surface area contributed by atoms with Crippen LogP contribution in [0.2, 0.25) is 0 Å².